The van der Waals surface area contributed by atoms with Crippen LogP contribution in [0.5, 0.6) is 0 Å². The van der Waals surface area contributed by atoms with E-state index in [0.29, 0.717) is 6.54 Å². The number of aliphatic hydroxyl groups excluding tert-OH is 2. The largest absolute Gasteiger partial charge is 0.388 e. The number of amidine groups is 1. The second-order valence-corrected chi connectivity index (χ2v) is 5.13. The summed E-state index contributed by atoms with van der Waals surface area (Å²) in [6.45, 7) is 2.88. The van der Waals surface area contributed by atoms with Gasteiger partial charge in [0.25, 0.3) is 0 Å². The number of thioether (sulfide) groups is 1. The van der Waals surface area contributed by atoms with Crippen molar-refractivity contribution in [3.63, 3.8) is 0 Å². The summed E-state index contributed by atoms with van der Waals surface area (Å²) in [5.74, 6) is 0. The summed E-state index contributed by atoms with van der Waals surface area (Å²) >= 11 is 1.44. The van der Waals surface area contributed by atoms with Crippen LogP contribution in [0.1, 0.15) is 6.92 Å². The minimum Gasteiger partial charge on any atom is -0.388 e. The van der Waals surface area contributed by atoms with Crippen molar-refractivity contribution >= 4 is 16.9 Å². The minimum absolute atomic E-state index is 0.223. The number of aliphatic hydroxyl groups is 2. The minimum atomic E-state index is -0.940. The van der Waals surface area contributed by atoms with Crippen molar-refractivity contribution in [1.82, 2.24) is 5.32 Å². The van der Waals surface area contributed by atoms with Crippen LogP contribution >= 0.6 is 11.8 Å². The van der Waals surface area contributed by atoms with Gasteiger partial charge in [0.1, 0.15) is 23.7 Å². The first-order valence-corrected chi connectivity index (χ1v) is 6.53. The number of hydrogen-bond acceptors (Lipinski definition) is 6. The maximum Gasteiger partial charge on any atom is 0.159 e. The lowest BCUT2D eigenvalue weighted by Gasteiger charge is -2.38. The van der Waals surface area contributed by atoms with Gasteiger partial charge in [0.05, 0.1) is 12.6 Å². The number of hydrogen-bond donors (Lipinski definition) is 3. The van der Waals surface area contributed by atoms with Crippen molar-refractivity contribution in [3.05, 3.63) is 0 Å². The second kappa shape index (κ2) is 5.53. The van der Waals surface area contributed by atoms with Crippen LogP contribution in [-0.4, -0.2) is 65.4 Å². The molecule has 2 saturated heterocycles. The topological polar surface area (TPSA) is 83.3 Å². The molecule has 7 heteroatoms. The van der Waals surface area contributed by atoms with Crippen LogP contribution in [0.4, 0.5) is 0 Å². The van der Waals surface area contributed by atoms with Crippen LogP contribution in [0.15, 0.2) is 4.99 Å². The summed E-state index contributed by atoms with van der Waals surface area (Å²) in [4.78, 5) is 4.24. The van der Waals surface area contributed by atoms with Crippen LogP contribution in [0, 0.1) is 0 Å². The first-order valence-electron chi connectivity index (χ1n) is 5.65. The third-order valence-electron chi connectivity index (χ3n) is 2.85. The number of fused-ring (bicyclic) bond motifs is 1. The average Bonchev–Trinajstić information content (AvgIpc) is 2.69. The molecule has 2 aliphatic rings. The number of methoxy groups -OCH3 is 1. The molecular formula is C10H18N2O4S. The van der Waals surface area contributed by atoms with Gasteiger partial charge < -0.3 is 25.0 Å². The zero-order valence-electron chi connectivity index (χ0n) is 9.87. The average molecular weight is 262 g/mol. The maximum absolute atomic E-state index is 10.0. The fraction of sp³-hybridized carbons (Fsp3) is 0.900. The molecule has 2 unspecified atom stereocenters. The van der Waals surface area contributed by atoms with E-state index < -0.39 is 18.3 Å². The van der Waals surface area contributed by atoms with E-state index in [0.717, 1.165) is 5.17 Å². The van der Waals surface area contributed by atoms with E-state index in [9.17, 15) is 10.2 Å². The molecule has 98 valence electrons. The molecule has 0 aliphatic carbocycles. The number of nitrogens with zero attached hydrogens (tertiary/aromatic N) is 1. The third kappa shape index (κ3) is 2.58. The van der Waals surface area contributed by atoms with Gasteiger partial charge in [-0.1, -0.05) is 11.8 Å². The van der Waals surface area contributed by atoms with E-state index in [-0.39, 0.29) is 18.1 Å². The Balaban J connectivity index is 2.06. The molecule has 0 aromatic rings. The van der Waals surface area contributed by atoms with Crippen LogP contribution in [-0.2, 0) is 9.47 Å². The molecule has 2 rings (SSSR count). The Labute approximate surface area is 104 Å². The van der Waals surface area contributed by atoms with Crippen molar-refractivity contribution in [1.29, 1.82) is 0 Å². The number of rotatable bonds is 3. The fourth-order valence-corrected chi connectivity index (χ4v) is 3.20. The number of nitrogens with one attached hydrogen (secondary N) is 1. The lowest BCUT2D eigenvalue weighted by atomic mass is 9.98. The Bertz CT molecular complexity index is 302. The second-order valence-electron chi connectivity index (χ2n) is 4.05. The van der Waals surface area contributed by atoms with Gasteiger partial charge >= 0.3 is 0 Å². The Morgan fingerprint density at radius 1 is 1.47 bits per heavy atom. The molecule has 0 aromatic carbocycles. The zero-order chi connectivity index (χ0) is 12.4. The molecule has 0 spiro atoms. The van der Waals surface area contributed by atoms with Crippen LogP contribution in [0.2, 0.25) is 0 Å². The van der Waals surface area contributed by atoms with Gasteiger partial charge in [-0.15, -0.1) is 0 Å². The lowest BCUT2D eigenvalue weighted by Crippen LogP contribution is -2.59. The SMILES string of the molecule is CCN=C1N[C@@H]2C(O)[C@H](O)C(COC)O[C@@H]2S1. The van der Waals surface area contributed by atoms with Gasteiger partial charge in [-0.3, -0.25) is 4.99 Å². The predicted octanol–water partition coefficient (Wildman–Crippen LogP) is -0.840. The smallest absolute Gasteiger partial charge is 0.159 e. The van der Waals surface area contributed by atoms with Gasteiger partial charge in [-0.25, -0.2) is 0 Å². The molecule has 5 atom stereocenters. The number of aliphatic imine (C=N–C) groups is 1. The summed E-state index contributed by atoms with van der Waals surface area (Å²) in [7, 11) is 1.54. The van der Waals surface area contributed by atoms with E-state index in [1.165, 1.54) is 11.8 Å². The Morgan fingerprint density at radius 3 is 2.88 bits per heavy atom. The van der Waals surface area contributed by atoms with Gasteiger partial charge in [0.2, 0.25) is 0 Å². The Morgan fingerprint density at radius 2 is 2.24 bits per heavy atom. The molecule has 17 heavy (non-hydrogen) atoms. The highest BCUT2D eigenvalue weighted by atomic mass is 32.2. The maximum atomic E-state index is 10.0. The van der Waals surface area contributed by atoms with Crippen molar-refractivity contribution in [2.75, 3.05) is 20.3 Å². The summed E-state index contributed by atoms with van der Waals surface area (Å²) in [5, 5.41) is 23.7. The van der Waals surface area contributed by atoms with Crippen molar-refractivity contribution in [2.45, 2.75) is 36.7 Å². The van der Waals surface area contributed by atoms with Gasteiger partial charge in [0.15, 0.2) is 5.17 Å². The molecular weight excluding hydrogens is 244 g/mol. The quantitative estimate of drug-likeness (QED) is 0.615. The van der Waals surface area contributed by atoms with Crippen molar-refractivity contribution < 1.29 is 19.7 Å². The summed E-state index contributed by atoms with van der Waals surface area (Å²) in [6, 6.07) is -0.312. The van der Waals surface area contributed by atoms with E-state index in [1.807, 2.05) is 6.92 Å². The van der Waals surface area contributed by atoms with Crippen LogP contribution in [0.25, 0.3) is 0 Å². The first kappa shape index (κ1) is 13.1. The molecule has 0 saturated carbocycles. The zero-order valence-corrected chi connectivity index (χ0v) is 10.7. The molecule has 0 bridgehead atoms. The standard InChI is InChI=1S/C10H18N2O4S/c1-3-11-10-12-6-8(14)7(13)5(4-15-2)16-9(6)17-10/h5-9,13-14H,3-4H2,1-2H3,(H,11,12)/t5?,6-,7-,8?,9-/m1/s1. The highest BCUT2D eigenvalue weighted by Gasteiger charge is 2.48. The van der Waals surface area contributed by atoms with Gasteiger partial charge in [-0.2, -0.15) is 0 Å². The summed E-state index contributed by atoms with van der Waals surface area (Å²) < 4.78 is 10.7. The van der Waals surface area contributed by atoms with E-state index in [2.05, 4.69) is 10.3 Å². The van der Waals surface area contributed by atoms with Crippen molar-refractivity contribution in [3.8, 4) is 0 Å². The highest BCUT2D eigenvalue weighted by molar-refractivity contribution is 8.14. The normalized spacial score (nSPS) is 43.5. The van der Waals surface area contributed by atoms with Gasteiger partial charge in [0, 0.05) is 13.7 Å². The Hall–Kier alpha value is -0.340. The molecule has 0 radical (unpaired) electrons. The third-order valence-corrected chi connectivity index (χ3v) is 3.96. The van der Waals surface area contributed by atoms with E-state index in [4.69, 9.17) is 9.47 Å². The lowest BCUT2D eigenvalue weighted by molar-refractivity contribution is -0.170. The Kier molecular flexibility index (Phi) is 4.26. The van der Waals surface area contributed by atoms with Crippen LogP contribution < -0.4 is 5.32 Å². The first-order chi connectivity index (χ1) is 8.17. The monoisotopic (exact) mass is 262 g/mol. The van der Waals surface area contributed by atoms with Crippen LogP contribution in [0.3, 0.4) is 0 Å². The molecule has 0 amide bonds. The molecule has 0 aromatic heterocycles. The van der Waals surface area contributed by atoms with Gasteiger partial charge in [-0.05, 0) is 6.92 Å². The number of ether oxygens (including phenoxy) is 2. The predicted molar refractivity (Wildman–Crippen MR) is 65.0 cm³/mol. The van der Waals surface area contributed by atoms with E-state index >= 15 is 0 Å². The molecule has 3 N–H and O–H groups in total. The van der Waals surface area contributed by atoms with E-state index in [1.54, 1.807) is 7.11 Å². The highest BCUT2D eigenvalue weighted by Crippen LogP contribution is 2.33. The molecule has 2 heterocycles. The summed E-state index contributed by atoms with van der Waals surface area (Å²) in [5.41, 5.74) is -0.223. The fourth-order valence-electron chi connectivity index (χ4n) is 2.00. The molecule has 6 nitrogen and oxygen atoms in total. The molecule has 2 aliphatic heterocycles. The molecule has 2 fully saturated rings. The van der Waals surface area contributed by atoms with Crippen molar-refractivity contribution in [2.24, 2.45) is 4.99 Å². The summed E-state index contributed by atoms with van der Waals surface area (Å²) in [6.07, 6.45) is -2.30.